The maximum absolute atomic E-state index is 12.2. The smallest absolute Gasteiger partial charge is 0.360 e. The van der Waals surface area contributed by atoms with Crippen molar-refractivity contribution in [1.82, 2.24) is 0 Å². The van der Waals surface area contributed by atoms with Crippen LogP contribution in [0, 0.1) is 0 Å². The first-order chi connectivity index (χ1) is 10.2. The number of carbonyl (C=O) groups excluding carboxylic acids is 2. The van der Waals surface area contributed by atoms with Crippen molar-refractivity contribution in [3.05, 3.63) is 53.1 Å². The molecule has 0 spiro atoms. The van der Waals surface area contributed by atoms with E-state index >= 15 is 0 Å². The van der Waals surface area contributed by atoms with Gasteiger partial charge in [0.15, 0.2) is 0 Å². The number of rotatable bonds is 4. The summed E-state index contributed by atoms with van der Waals surface area (Å²) >= 11 is 0. The van der Waals surface area contributed by atoms with Gasteiger partial charge in [-0.1, -0.05) is 48.7 Å². The van der Waals surface area contributed by atoms with Gasteiger partial charge in [0, 0.05) is 5.56 Å². The molecule has 1 aromatic rings. The third kappa shape index (κ3) is 4.07. The Morgan fingerprint density at radius 2 is 1.62 bits per heavy atom. The van der Waals surface area contributed by atoms with Gasteiger partial charge in [-0.2, -0.15) is 4.79 Å². The molecule has 21 heavy (non-hydrogen) atoms. The summed E-state index contributed by atoms with van der Waals surface area (Å²) in [5, 5.41) is 0. The Labute approximate surface area is 124 Å². The van der Waals surface area contributed by atoms with Gasteiger partial charge in [0.25, 0.3) is 11.6 Å². The second kappa shape index (κ2) is 7.46. The number of allylic oxidation sites excluding steroid dienone is 2. The Morgan fingerprint density at radius 1 is 1.00 bits per heavy atom. The lowest BCUT2D eigenvalue weighted by atomic mass is 10.0. The highest BCUT2D eigenvalue weighted by molar-refractivity contribution is 6.69. The third-order valence-corrected chi connectivity index (χ3v) is 3.67. The topological polar surface area (TPSA) is 70.5 Å². The minimum Gasteiger partial charge on any atom is -0.360 e. The zero-order valence-corrected chi connectivity index (χ0v) is 11.9. The monoisotopic (exact) mass is 282 g/mol. The summed E-state index contributed by atoms with van der Waals surface area (Å²) in [5.41, 5.74) is 10.00. The maximum Gasteiger partial charge on any atom is 0.409 e. The highest BCUT2D eigenvalue weighted by Crippen LogP contribution is 2.22. The number of ketones is 2. The van der Waals surface area contributed by atoms with Crippen LogP contribution in [0.25, 0.3) is 5.53 Å². The number of nitrogens with zero attached hydrogens (tertiary/aromatic N) is 2. The second-order valence-corrected chi connectivity index (χ2v) is 5.22. The largest absolute Gasteiger partial charge is 0.409 e. The van der Waals surface area contributed by atoms with Crippen LogP contribution >= 0.6 is 0 Å². The van der Waals surface area contributed by atoms with Gasteiger partial charge in [0.05, 0.1) is 0 Å². The summed E-state index contributed by atoms with van der Waals surface area (Å²) in [6.07, 6.45) is 7.72. The summed E-state index contributed by atoms with van der Waals surface area (Å²) in [7, 11) is 0. The van der Waals surface area contributed by atoms with Crippen LogP contribution in [0.15, 0.2) is 42.0 Å². The fourth-order valence-electron chi connectivity index (χ4n) is 2.51. The van der Waals surface area contributed by atoms with E-state index < -0.39 is 17.3 Å². The first kappa shape index (κ1) is 15.1. The number of Topliss-reactive ketones (excluding diaryl/α,β-unsaturated/α-hetero) is 1. The van der Waals surface area contributed by atoms with E-state index in [4.69, 9.17) is 5.53 Å². The number of hydrogen-bond donors (Lipinski definition) is 0. The SMILES string of the molecule is [N-]=[N+]=C(C(=O)C=C1CCCCCC1)C(=O)c1ccccc1. The van der Waals surface area contributed by atoms with Crippen LogP contribution in [0.1, 0.15) is 48.9 Å². The van der Waals surface area contributed by atoms with Crippen LogP contribution < -0.4 is 0 Å². The van der Waals surface area contributed by atoms with E-state index in [1.165, 1.54) is 18.9 Å². The number of benzene rings is 1. The zero-order chi connectivity index (χ0) is 15.1. The Morgan fingerprint density at radius 3 is 2.19 bits per heavy atom. The van der Waals surface area contributed by atoms with Crippen molar-refractivity contribution >= 4 is 17.3 Å². The summed E-state index contributed by atoms with van der Waals surface area (Å²) in [5.74, 6) is -1.06. The van der Waals surface area contributed by atoms with Gasteiger partial charge in [-0.3, -0.25) is 9.59 Å². The van der Waals surface area contributed by atoms with Crippen LogP contribution in [-0.2, 0) is 4.79 Å². The van der Waals surface area contributed by atoms with Crippen molar-refractivity contribution in [2.24, 2.45) is 0 Å². The molecule has 1 fully saturated rings. The predicted molar refractivity (Wildman–Crippen MR) is 80.2 cm³/mol. The minimum atomic E-state index is -0.548. The normalized spacial score (nSPS) is 14.8. The van der Waals surface area contributed by atoms with Gasteiger partial charge < -0.3 is 5.53 Å². The van der Waals surface area contributed by atoms with E-state index in [2.05, 4.69) is 4.79 Å². The molecule has 0 radical (unpaired) electrons. The molecule has 4 heteroatoms. The fourth-order valence-corrected chi connectivity index (χ4v) is 2.51. The van der Waals surface area contributed by atoms with Crippen molar-refractivity contribution < 1.29 is 14.4 Å². The standard InChI is InChI=1S/C17H18N2O2/c18-19-16(17(21)14-10-6-3-7-11-14)15(20)12-13-8-4-1-2-5-9-13/h3,6-7,10-12H,1-2,4-5,8-9H2. The van der Waals surface area contributed by atoms with Crippen LogP contribution in [0.2, 0.25) is 0 Å². The van der Waals surface area contributed by atoms with Crippen molar-refractivity contribution in [1.29, 1.82) is 0 Å². The Balaban J connectivity index is 2.18. The molecule has 0 aromatic heterocycles. The van der Waals surface area contributed by atoms with Crippen molar-refractivity contribution in [2.75, 3.05) is 0 Å². The molecular weight excluding hydrogens is 264 g/mol. The van der Waals surface area contributed by atoms with Crippen molar-refractivity contribution in [3.8, 4) is 0 Å². The van der Waals surface area contributed by atoms with Gasteiger partial charge in [-0.05, 0) is 31.8 Å². The van der Waals surface area contributed by atoms with E-state index in [1.54, 1.807) is 30.3 Å². The molecule has 0 saturated heterocycles. The molecule has 0 amide bonds. The van der Waals surface area contributed by atoms with Crippen molar-refractivity contribution in [2.45, 2.75) is 38.5 Å². The molecule has 0 unspecified atom stereocenters. The summed E-state index contributed by atoms with van der Waals surface area (Å²) in [6, 6.07) is 8.38. The van der Waals surface area contributed by atoms with Gasteiger partial charge in [-0.25, -0.2) is 0 Å². The molecule has 1 aliphatic carbocycles. The molecule has 2 rings (SSSR count). The zero-order valence-electron chi connectivity index (χ0n) is 11.9. The van der Waals surface area contributed by atoms with Crippen molar-refractivity contribution in [3.63, 3.8) is 0 Å². The highest BCUT2D eigenvalue weighted by atomic mass is 16.1. The van der Waals surface area contributed by atoms with E-state index in [9.17, 15) is 9.59 Å². The van der Waals surface area contributed by atoms with E-state index in [1.807, 2.05) is 0 Å². The van der Waals surface area contributed by atoms with Gasteiger partial charge >= 0.3 is 5.71 Å². The fraction of sp³-hybridized carbons (Fsp3) is 0.353. The quantitative estimate of drug-likeness (QED) is 0.161. The lowest BCUT2D eigenvalue weighted by molar-refractivity contribution is -0.112. The van der Waals surface area contributed by atoms with E-state index in [-0.39, 0.29) is 0 Å². The van der Waals surface area contributed by atoms with Crippen LogP contribution in [0.3, 0.4) is 0 Å². The number of hydrogen-bond acceptors (Lipinski definition) is 2. The average molecular weight is 282 g/mol. The highest BCUT2D eigenvalue weighted by Gasteiger charge is 2.29. The van der Waals surface area contributed by atoms with Gasteiger partial charge in [-0.15, -0.1) is 0 Å². The molecule has 0 heterocycles. The molecule has 0 aliphatic heterocycles. The molecule has 1 aromatic carbocycles. The van der Waals surface area contributed by atoms with Gasteiger partial charge in [0.2, 0.25) is 0 Å². The summed E-state index contributed by atoms with van der Waals surface area (Å²) in [4.78, 5) is 27.3. The van der Waals surface area contributed by atoms with E-state index in [0.717, 1.165) is 31.3 Å². The van der Waals surface area contributed by atoms with Gasteiger partial charge in [0.1, 0.15) is 0 Å². The molecule has 1 aliphatic rings. The lowest BCUT2D eigenvalue weighted by Crippen LogP contribution is -2.24. The first-order valence-electron chi connectivity index (χ1n) is 7.28. The molecule has 4 nitrogen and oxygen atoms in total. The average Bonchev–Trinajstić information content (AvgIpc) is 2.77. The second-order valence-electron chi connectivity index (χ2n) is 5.22. The summed E-state index contributed by atoms with van der Waals surface area (Å²) < 4.78 is 0. The first-order valence-corrected chi connectivity index (χ1v) is 7.28. The lowest BCUT2D eigenvalue weighted by Gasteiger charge is -2.00. The minimum absolute atomic E-state index is 0.345. The predicted octanol–water partition coefficient (Wildman–Crippen LogP) is 3.39. The molecular formula is C17H18N2O2. The molecule has 0 bridgehead atoms. The van der Waals surface area contributed by atoms with Crippen LogP contribution in [-0.4, -0.2) is 22.1 Å². The Kier molecular flexibility index (Phi) is 5.35. The molecule has 0 atom stereocenters. The molecule has 0 N–H and O–H groups in total. The third-order valence-electron chi connectivity index (χ3n) is 3.67. The summed E-state index contributed by atoms with van der Waals surface area (Å²) in [6.45, 7) is 0. The Bertz CT molecular complexity index is 601. The van der Waals surface area contributed by atoms with Crippen LogP contribution in [0.4, 0.5) is 0 Å². The van der Waals surface area contributed by atoms with Crippen LogP contribution in [0.5, 0.6) is 0 Å². The molecule has 108 valence electrons. The Hall–Kier alpha value is -2.32. The van der Waals surface area contributed by atoms with E-state index in [0.29, 0.717) is 5.56 Å². The molecule has 1 saturated carbocycles. The number of carbonyl (C=O) groups is 2. The maximum atomic E-state index is 12.2.